The van der Waals surface area contributed by atoms with E-state index in [1.807, 2.05) is 13.0 Å². The Morgan fingerprint density at radius 3 is 2.48 bits per heavy atom. The van der Waals surface area contributed by atoms with Gasteiger partial charge in [0.25, 0.3) is 0 Å². The fourth-order valence-electron chi connectivity index (χ4n) is 3.06. The Morgan fingerprint density at radius 1 is 1.06 bits per heavy atom. The zero-order valence-corrected chi connectivity index (χ0v) is 20.3. The molecule has 33 heavy (non-hydrogen) atoms. The number of hydrogen-bond acceptors (Lipinski definition) is 5. The van der Waals surface area contributed by atoms with Gasteiger partial charge in [0, 0.05) is 16.6 Å². The highest BCUT2D eigenvalue weighted by Crippen LogP contribution is 2.36. The molecule has 0 heterocycles. The molecule has 0 aliphatic carbocycles. The van der Waals surface area contributed by atoms with Crippen LogP contribution in [0.5, 0.6) is 17.2 Å². The Hall–Kier alpha value is -2.97. The fraction of sp³-hybridized carbons (Fsp3) is 0.208. The van der Waals surface area contributed by atoms with Crippen LogP contribution in [0, 0.1) is 5.82 Å². The molecule has 0 radical (unpaired) electrons. The van der Waals surface area contributed by atoms with Gasteiger partial charge < -0.3 is 24.6 Å². The first kappa shape index (κ1) is 24.7. The first-order valence-corrected chi connectivity index (χ1v) is 11.2. The molecule has 0 fully saturated rings. The van der Waals surface area contributed by atoms with Crippen LogP contribution < -0.4 is 19.5 Å². The lowest BCUT2D eigenvalue weighted by molar-refractivity contribution is 0.0697. The summed E-state index contributed by atoms with van der Waals surface area (Å²) in [5.41, 5.74) is 2.20. The van der Waals surface area contributed by atoms with Gasteiger partial charge in [-0.1, -0.05) is 33.6 Å². The predicted octanol–water partition coefficient (Wildman–Crippen LogP) is 6.54. The van der Waals surface area contributed by atoms with Crippen LogP contribution in [0.3, 0.4) is 0 Å². The minimum absolute atomic E-state index is 0.141. The molecule has 0 bridgehead atoms. The summed E-state index contributed by atoms with van der Waals surface area (Å²) in [4.78, 5) is 11.3. The molecule has 174 valence electrons. The van der Waals surface area contributed by atoms with Crippen LogP contribution in [0.2, 0.25) is 5.02 Å². The number of anilines is 1. The molecule has 3 rings (SSSR count). The number of nitrogens with one attached hydrogen (secondary N) is 1. The Balaban J connectivity index is 1.81. The van der Waals surface area contributed by atoms with Crippen LogP contribution >= 0.6 is 27.5 Å². The van der Waals surface area contributed by atoms with Crippen molar-refractivity contribution in [3.8, 4) is 17.2 Å². The van der Waals surface area contributed by atoms with E-state index in [-0.39, 0.29) is 17.2 Å². The summed E-state index contributed by atoms with van der Waals surface area (Å²) in [7, 11) is 1.52. The average Bonchev–Trinajstić information content (AvgIpc) is 2.78. The van der Waals surface area contributed by atoms with Gasteiger partial charge in [0.1, 0.15) is 18.2 Å². The van der Waals surface area contributed by atoms with E-state index in [9.17, 15) is 14.3 Å². The van der Waals surface area contributed by atoms with Crippen molar-refractivity contribution in [1.29, 1.82) is 0 Å². The van der Waals surface area contributed by atoms with E-state index in [4.69, 9.17) is 25.8 Å². The molecule has 0 aromatic heterocycles. The van der Waals surface area contributed by atoms with Gasteiger partial charge in [-0.25, -0.2) is 9.18 Å². The van der Waals surface area contributed by atoms with Gasteiger partial charge >= 0.3 is 5.97 Å². The molecular weight excluding hydrogens is 517 g/mol. The van der Waals surface area contributed by atoms with Crippen molar-refractivity contribution >= 4 is 39.2 Å². The minimum atomic E-state index is -1.02. The summed E-state index contributed by atoms with van der Waals surface area (Å²) in [5, 5.41) is 12.7. The third kappa shape index (κ3) is 6.30. The summed E-state index contributed by atoms with van der Waals surface area (Å²) in [6.45, 7) is 2.80. The molecule has 0 amide bonds. The largest absolute Gasteiger partial charge is 0.495 e. The summed E-state index contributed by atoms with van der Waals surface area (Å²) in [5.74, 6) is 0.116. The lowest BCUT2D eigenvalue weighted by Crippen LogP contribution is -2.06. The fourth-order valence-corrected chi connectivity index (χ4v) is 3.74. The maximum absolute atomic E-state index is 13.3. The van der Waals surface area contributed by atoms with E-state index in [1.54, 1.807) is 18.2 Å². The maximum atomic E-state index is 13.3. The second-order valence-electron chi connectivity index (χ2n) is 6.92. The van der Waals surface area contributed by atoms with Gasteiger partial charge in [-0.15, -0.1) is 0 Å². The molecule has 6 nitrogen and oxygen atoms in total. The Morgan fingerprint density at radius 2 is 1.82 bits per heavy atom. The lowest BCUT2D eigenvalue weighted by atomic mass is 10.1. The molecule has 0 spiro atoms. The molecule has 0 aliphatic heterocycles. The van der Waals surface area contributed by atoms with Gasteiger partial charge in [-0.2, -0.15) is 0 Å². The van der Waals surface area contributed by atoms with Crippen LogP contribution in [-0.2, 0) is 13.2 Å². The molecular formula is C24H22BrClFNO5. The number of benzene rings is 3. The number of carboxylic acid groups (broad SMARTS) is 1. The van der Waals surface area contributed by atoms with E-state index in [0.717, 1.165) is 10.0 Å². The van der Waals surface area contributed by atoms with E-state index >= 15 is 0 Å². The van der Waals surface area contributed by atoms with Crippen LogP contribution in [0.15, 0.2) is 53.0 Å². The summed E-state index contributed by atoms with van der Waals surface area (Å²) >= 11 is 9.65. The first-order valence-electron chi connectivity index (χ1n) is 9.99. The minimum Gasteiger partial charge on any atom is -0.495 e. The van der Waals surface area contributed by atoms with E-state index < -0.39 is 11.8 Å². The zero-order valence-electron chi connectivity index (χ0n) is 18.0. The Labute approximate surface area is 204 Å². The van der Waals surface area contributed by atoms with Crippen molar-refractivity contribution in [1.82, 2.24) is 0 Å². The number of methoxy groups -OCH3 is 1. The lowest BCUT2D eigenvalue weighted by Gasteiger charge is -2.17. The number of halogens is 3. The summed E-state index contributed by atoms with van der Waals surface area (Å²) in [6.07, 6.45) is 0. The van der Waals surface area contributed by atoms with E-state index in [0.29, 0.717) is 41.7 Å². The molecule has 0 saturated carbocycles. The second kappa shape index (κ2) is 11.2. The van der Waals surface area contributed by atoms with Crippen LogP contribution in [0.4, 0.5) is 10.1 Å². The Bertz CT molecular complexity index is 1160. The van der Waals surface area contributed by atoms with Crippen molar-refractivity contribution in [3.63, 3.8) is 0 Å². The number of hydrogen-bond donors (Lipinski definition) is 2. The van der Waals surface area contributed by atoms with Gasteiger partial charge in [0.05, 0.1) is 30.0 Å². The molecule has 0 saturated heterocycles. The molecule has 3 aromatic carbocycles. The predicted molar refractivity (Wildman–Crippen MR) is 128 cm³/mol. The highest BCUT2D eigenvalue weighted by molar-refractivity contribution is 9.10. The van der Waals surface area contributed by atoms with Gasteiger partial charge in [-0.3, -0.25) is 0 Å². The highest BCUT2D eigenvalue weighted by Gasteiger charge is 2.14. The monoisotopic (exact) mass is 537 g/mol. The average molecular weight is 539 g/mol. The SMILES string of the molecule is CCOc1cc(CNc2cc(C(=O)O)ccc2OC)c(Br)cc1OCc1ccc(F)cc1Cl. The van der Waals surface area contributed by atoms with Crippen molar-refractivity contribution < 1.29 is 28.5 Å². The van der Waals surface area contributed by atoms with E-state index in [2.05, 4.69) is 21.2 Å². The van der Waals surface area contributed by atoms with Gasteiger partial charge in [0.2, 0.25) is 0 Å². The maximum Gasteiger partial charge on any atom is 0.335 e. The number of carbonyl (C=O) groups is 1. The smallest absolute Gasteiger partial charge is 0.335 e. The third-order valence-electron chi connectivity index (χ3n) is 4.73. The van der Waals surface area contributed by atoms with Gasteiger partial charge in [-0.05, 0) is 55.0 Å². The van der Waals surface area contributed by atoms with Crippen molar-refractivity contribution in [2.45, 2.75) is 20.1 Å². The highest BCUT2D eigenvalue weighted by atomic mass is 79.9. The summed E-state index contributed by atoms with van der Waals surface area (Å²) < 4.78 is 31.0. The molecule has 9 heteroatoms. The second-order valence-corrected chi connectivity index (χ2v) is 8.18. The normalized spacial score (nSPS) is 10.6. The third-order valence-corrected chi connectivity index (χ3v) is 5.82. The molecule has 3 aromatic rings. The number of ether oxygens (including phenoxy) is 3. The standard InChI is InChI=1S/C24H22BrClFNO5/c1-3-32-22-9-16(12-28-20-8-14(24(29)30)5-7-21(20)31-2)18(25)11-23(22)33-13-15-4-6-17(27)10-19(15)26/h4-11,28H,3,12-13H2,1-2H3,(H,29,30). The summed E-state index contributed by atoms with van der Waals surface area (Å²) in [6, 6.07) is 12.3. The van der Waals surface area contributed by atoms with Crippen LogP contribution in [0.1, 0.15) is 28.4 Å². The van der Waals surface area contributed by atoms with Crippen molar-refractivity contribution in [2.24, 2.45) is 0 Å². The van der Waals surface area contributed by atoms with Crippen molar-refractivity contribution in [2.75, 3.05) is 19.0 Å². The molecule has 0 unspecified atom stereocenters. The molecule has 0 aliphatic rings. The van der Waals surface area contributed by atoms with Crippen molar-refractivity contribution in [3.05, 3.63) is 80.5 Å². The topological polar surface area (TPSA) is 77.0 Å². The van der Waals surface area contributed by atoms with E-state index in [1.165, 1.54) is 31.4 Å². The molecule has 2 N–H and O–H groups in total. The number of rotatable bonds is 10. The Kier molecular flexibility index (Phi) is 8.41. The molecule has 0 atom stereocenters. The zero-order chi connectivity index (χ0) is 24.0. The van der Waals surface area contributed by atoms with Crippen LogP contribution in [0.25, 0.3) is 0 Å². The quantitative estimate of drug-likeness (QED) is 0.305. The van der Waals surface area contributed by atoms with Gasteiger partial charge in [0.15, 0.2) is 11.5 Å². The first-order chi connectivity index (χ1) is 15.8. The van der Waals surface area contributed by atoms with Crippen LogP contribution in [-0.4, -0.2) is 24.8 Å². The number of aromatic carboxylic acids is 1. The number of carboxylic acids is 1.